The molecule has 0 saturated heterocycles. The van der Waals surface area contributed by atoms with Crippen LogP contribution in [0, 0.1) is 0 Å². The van der Waals surface area contributed by atoms with E-state index in [1.807, 2.05) is 13.8 Å². The van der Waals surface area contributed by atoms with Crippen molar-refractivity contribution in [2.45, 2.75) is 52.0 Å². The van der Waals surface area contributed by atoms with E-state index in [2.05, 4.69) is 16.0 Å². The molecule has 0 aromatic rings. The molecule has 0 heterocycles. The lowest BCUT2D eigenvalue weighted by Crippen LogP contribution is -2.53. The molecule has 7 nitrogen and oxygen atoms in total. The Bertz CT molecular complexity index is 347. The van der Waals surface area contributed by atoms with Gasteiger partial charge in [0.05, 0.1) is 6.54 Å². The van der Waals surface area contributed by atoms with Gasteiger partial charge < -0.3 is 10.4 Å². The molecule has 0 aromatic heterocycles. The number of hydrogen-bond acceptors (Lipinski definition) is 4. The van der Waals surface area contributed by atoms with E-state index in [0.29, 0.717) is 19.4 Å². The summed E-state index contributed by atoms with van der Waals surface area (Å²) in [5, 5.41) is 16.5. The lowest BCUT2D eigenvalue weighted by molar-refractivity contribution is -0.144. The third kappa shape index (κ3) is 7.08. The van der Waals surface area contributed by atoms with E-state index in [0.717, 1.165) is 12.8 Å². The average Bonchev–Trinajstić information content (AvgIpc) is 2.37. The van der Waals surface area contributed by atoms with Gasteiger partial charge in [-0.25, -0.2) is 4.79 Å². The number of unbranched alkanes of at least 4 members (excludes halogenated alkanes) is 1. The van der Waals surface area contributed by atoms with Crippen LogP contribution < -0.4 is 16.0 Å². The summed E-state index contributed by atoms with van der Waals surface area (Å²) in [5.74, 6) is -1.57. The van der Waals surface area contributed by atoms with Crippen molar-refractivity contribution in [2.24, 2.45) is 0 Å². The number of carboxylic acids is 1. The first-order valence-corrected chi connectivity index (χ1v) is 6.91. The largest absolute Gasteiger partial charge is 0.480 e. The topological polar surface area (TPSA) is 108 Å². The zero-order chi connectivity index (χ0) is 15.6. The molecule has 0 bridgehead atoms. The number of carboxylic acid groups (broad SMARTS) is 1. The Morgan fingerprint density at radius 2 is 1.80 bits per heavy atom. The summed E-state index contributed by atoms with van der Waals surface area (Å²) in [5.41, 5.74) is -1.16. The molecule has 1 unspecified atom stereocenters. The van der Waals surface area contributed by atoms with Gasteiger partial charge >= 0.3 is 12.0 Å². The lowest BCUT2D eigenvalue weighted by Gasteiger charge is -2.25. The third-order valence-corrected chi connectivity index (χ3v) is 2.93. The van der Waals surface area contributed by atoms with Crippen molar-refractivity contribution in [1.82, 2.24) is 16.0 Å². The summed E-state index contributed by atoms with van der Waals surface area (Å²) in [4.78, 5) is 34.0. The smallest absolute Gasteiger partial charge is 0.323 e. The van der Waals surface area contributed by atoms with E-state index in [9.17, 15) is 14.4 Å². The van der Waals surface area contributed by atoms with Gasteiger partial charge in [0.15, 0.2) is 0 Å². The number of urea groups is 1. The van der Waals surface area contributed by atoms with Gasteiger partial charge in [-0.3, -0.25) is 20.2 Å². The molecular formula is C13H25N3O4. The van der Waals surface area contributed by atoms with E-state index in [4.69, 9.17) is 5.11 Å². The fraction of sp³-hybridized carbons (Fsp3) is 0.769. The standard InChI is InChI=1S/C13H25N3O4/c1-4-6-8-14-12(20)16-10(17)9-15-13(3,7-5-2)11(18)19/h15H,4-9H2,1-3H3,(H,18,19)(H2,14,16,17,20). The molecule has 0 rings (SSSR count). The second kappa shape index (κ2) is 9.30. The van der Waals surface area contributed by atoms with Gasteiger partial charge in [-0.2, -0.15) is 0 Å². The van der Waals surface area contributed by atoms with Gasteiger partial charge in [0.1, 0.15) is 5.54 Å². The molecule has 7 heteroatoms. The van der Waals surface area contributed by atoms with Crippen LogP contribution >= 0.6 is 0 Å². The first-order valence-electron chi connectivity index (χ1n) is 6.91. The number of carbonyl (C=O) groups excluding carboxylic acids is 2. The minimum absolute atomic E-state index is 0.218. The number of aliphatic carboxylic acids is 1. The number of amides is 3. The Balaban J connectivity index is 4.14. The molecule has 0 spiro atoms. The number of imide groups is 1. The Hall–Kier alpha value is -1.63. The van der Waals surface area contributed by atoms with Crippen LogP contribution in [-0.2, 0) is 9.59 Å². The second-order valence-electron chi connectivity index (χ2n) is 4.90. The molecule has 3 amide bonds. The molecular weight excluding hydrogens is 262 g/mol. The van der Waals surface area contributed by atoms with Crippen molar-refractivity contribution < 1.29 is 19.5 Å². The molecule has 0 aliphatic heterocycles. The van der Waals surface area contributed by atoms with E-state index >= 15 is 0 Å². The van der Waals surface area contributed by atoms with Gasteiger partial charge in [0.2, 0.25) is 5.91 Å². The van der Waals surface area contributed by atoms with E-state index in [1.54, 1.807) is 0 Å². The molecule has 0 fully saturated rings. The summed E-state index contributed by atoms with van der Waals surface area (Å²) in [6.45, 7) is 5.67. The zero-order valence-corrected chi connectivity index (χ0v) is 12.4. The predicted octanol–water partition coefficient (Wildman–Crippen LogP) is 0.845. The molecule has 1 atom stereocenters. The monoisotopic (exact) mass is 287 g/mol. The van der Waals surface area contributed by atoms with Crippen molar-refractivity contribution in [3.05, 3.63) is 0 Å². The van der Waals surface area contributed by atoms with Gasteiger partial charge in [-0.1, -0.05) is 26.7 Å². The van der Waals surface area contributed by atoms with Crippen LogP contribution in [0.1, 0.15) is 46.5 Å². The van der Waals surface area contributed by atoms with Gasteiger partial charge in [0.25, 0.3) is 0 Å². The second-order valence-corrected chi connectivity index (χ2v) is 4.90. The lowest BCUT2D eigenvalue weighted by atomic mass is 9.96. The Morgan fingerprint density at radius 3 is 2.30 bits per heavy atom. The van der Waals surface area contributed by atoms with Gasteiger partial charge in [0, 0.05) is 6.54 Å². The summed E-state index contributed by atoms with van der Waals surface area (Å²) in [6, 6.07) is -0.558. The number of rotatable bonds is 9. The van der Waals surface area contributed by atoms with Crippen molar-refractivity contribution in [3.8, 4) is 0 Å². The van der Waals surface area contributed by atoms with E-state index in [1.165, 1.54) is 6.92 Å². The zero-order valence-electron chi connectivity index (χ0n) is 12.4. The maximum Gasteiger partial charge on any atom is 0.323 e. The van der Waals surface area contributed by atoms with Crippen LogP contribution in [0.15, 0.2) is 0 Å². The summed E-state index contributed by atoms with van der Waals surface area (Å²) in [7, 11) is 0. The fourth-order valence-corrected chi connectivity index (χ4v) is 1.64. The first kappa shape index (κ1) is 18.4. The van der Waals surface area contributed by atoms with Crippen LogP contribution in [0.4, 0.5) is 4.79 Å². The van der Waals surface area contributed by atoms with Crippen molar-refractivity contribution >= 4 is 17.9 Å². The Kier molecular flexibility index (Phi) is 8.54. The summed E-state index contributed by atoms with van der Waals surface area (Å²) < 4.78 is 0. The number of nitrogens with one attached hydrogen (secondary N) is 3. The van der Waals surface area contributed by atoms with Crippen molar-refractivity contribution in [2.75, 3.05) is 13.1 Å². The summed E-state index contributed by atoms with van der Waals surface area (Å²) in [6.07, 6.45) is 2.87. The van der Waals surface area contributed by atoms with Crippen LogP contribution in [0.2, 0.25) is 0 Å². The maximum absolute atomic E-state index is 11.5. The molecule has 0 aromatic carbocycles. The summed E-state index contributed by atoms with van der Waals surface area (Å²) >= 11 is 0. The fourth-order valence-electron chi connectivity index (χ4n) is 1.64. The van der Waals surface area contributed by atoms with Crippen molar-refractivity contribution in [3.63, 3.8) is 0 Å². The molecule has 116 valence electrons. The van der Waals surface area contributed by atoms with Gasteiger partial charge in [-0.15, -0.1) is 0 Å². The van der Waals surface area contributed by atoms with Crippen LogP contribution in [0.3, 0.4) is 0 Å². The van der Waals surface area contributed by atoms with Crippen LogP contribution in [0.5, 0.6) is 0 Å². The SMILES string of the molecule is CCCCNC(=O)NC(=O)CNC(C)(CCC)C(=O)O. The van der Waals surface area contributed by atoms with E-state index in [-0.39, 0.29) is 6.54 Å². The highest BCUT2D eigenvalue weighted by atomic mass is 16.4. The number of carbonyl (C=O) groups is 3. The minimum Gasteiger partial charge on any atom is -0.480 e. The molecule has 0 aliphatic carbocycles. The quantitative estimate of drug-likeness (QED) is 0.470. The Labute approximate surface area is 119 Å². The predicted molar refractivity (Wildman–Crippen MR) is 75.4 cm³/mol. The molecule has 20 heavy (non-hydrogen) atoms. The third-order valence-electron chi connectivity index (χ3n) is 2.93. The number of hydrogen-bond donors (Lipinski definition) is 4. The molecule has 4 N–H and O–H groups in total. The Morgan fingerprint density at radius 1 is 1.15 bits per heavy atom. The van der Waals surface area contributed by atoms with Crippen LogP contribution in [0.25, 0.3) is 0 Å². The van der Waals surface area contributed by atoms with Crippen LogP contribution in [-0.4, -0.2) is 41.6 Å². The van der Waals surface area contributed by atoms with Crippen molar-refractivity contribution in [1.29, 1.82) is 0 Å². The first-order chi connectivity index (χ1) is 9.35. The van der Waals surface area contributed by atoms with Gasteiger partial charge in [-0.05, 0) is 19.8 Å². The maximum atomic E-state index is 11.5. The highest BCUT2D eigenvalue weighted by molar-refractivity contribution is 5.95. The average molecular weight is 287 g/mol. The molecule has 0 aliphatic rings. The molecule has 0 radical (unpaired) electrons. The normalized spacial score (nSPS) is 13.3. The van der Waals surface area contributed by atoms with E-state index < -0.39 is 23.4 Å². The highest BCUT2D eigenvalue weighted by Gasteiger charge is 2.32. The highest BCUT2D eigenvalue weighted by Crippen LogP contribution is 2.11. The molecule has 0 saturated carbocycles. The minimum atomic E-state index is -1.16.